The van der Waals surface area contributed by atoms with Gasteiger partial charge in [-0.15, -0.1) is 0 Å². The van der Waals surface area contributed by atoms with Gasteiger partial charge in [0.25, 0.3) is 0 Å². The minimum absolute atomic E-state index is 0.210. The molecule has 0 aliphatic carbocycles. The highest BCUT2D eigenvalue weighted by Crippen LogP contribution is 2.39. The van der Waals surface area contributed by atoms with Gasteiger partial charge in [0.05, 0.1) is 24.3 Å². The lowest BCUT2D eigenvalue weighted by molar-refractivity contribution is 0.0968. The molecule has 0 aromatic heterocycles. The molecule has 1 aliphatic rings. The van der Waals surface area contributed by atoms with E-state index in [9.17, 15) is 4.57 Å². The molecular formula is C10H10NO3P. The molecule has 0 saturated carbocycles. The van der Waals surface area contributed by atoms with E-state index < -0.39 is 8.25 Å². The lowest BCUT2D eigenvalue weighted by Gasteiger charge is -2.22. The Morgan fingerprint density at radius 1 is 1.53 bits per heavy atom. The van der Waals surface area contributed by atoms with Crippen molar-refractivity contribution in [3.05, 3.63) is 35.4 Å². The van der Waals surface area contributed by atoms with Crippen LogP contribution in [0, 0.1) is 11.3 Å². The molecule has 5 heteroatoms. The van der Waals surface area contributed by atoms with E-state index in [1.165, 1.54) is 0 Å². The van der Waals surface area contributed by atoms with Gasteiger partial charge in [-0.05, 0) is 17.7 Å². The molecule has 0 spiro atoms. The zero-order valence-electron chi connectivity index (χ0n) is 7.97. The minimum atomic E-state index is -2.34. The number of hydrogen-bond acceptors (Lipinski definition) is 4. The van der Waals surface area contributed by atoms with Gasteiger partial charge in [0, 0.05) is 6.42 Å². The van der Waals surface area contributed by atoms with Crippen LogP contribution in [0.2, 0.25) is 0 Å². The maximum Gasteiger partial charge on any atom is 0.319 e. The van der Waals surface area contributed by atoms with Crippen molar-refractivity contribution in [2.75, 3.05) is 6.61 Å². The van der Waals surface area contributed by atoms with Gasteiger partial charge >= 0.3 is 8.25 Å². The Balaban J connectivity index is 2.21. The van der Waals surface area contributed by atoms with Crippen LogP contribution in [0.4, 0.5) is 0 Å². The molecule has 0 amide bonds. The Morgan fingerprint density at radius 2 is 2.40 bits per heavy atom. The summed E-state index contributed by atoms with van der Waals surface area (Å²) in [5.41, 5.74) is 1.47. The van der Waals surface area contributed by atoms with Gasteiger partial charge in [-0.1, -0.05) is 12.1 Å². The number of hydrogen-bond donors (Lipinski definition) is 0. The van der Waals surface area contributed by atoms with Crippen molar-refractivity contribution in [3.8, 4) is 6.07 Å². The van der Waals surface area contributed by atoms with Crippen LogP contribution >= 0.6 is 8.25 Å². The summed E-state index contributed by atoms with van der Waals surface area (Å²) in [5, 5.41) is 8.74. The largest absolute Gasteiger partial charge is 0.319 e. The Bertz CT molecular complexity index is 427. The summed E-state index contributed by atoms with van der Waals surface area (Å²) < 4.78 is 21.1. The summed E-state index contributed by atoms with van der Waals surface area (Å²) in [6, 6.07) is 9.21. The number of nitrogens with zero attached hydrogens (tertiary/aromatic N) is 1. The highest BCUT2D eigenvalue weighted by atomic mass is 31.1. The average Bonchev–Trinajstić information content (AvgIpc) is 2.29. The fourth-order valence-corrected chi connectivity index (χ4v) is 2.34. The highest BCUT2D eigenvalue weighted by molar-refractivity contribution is 7.33. The van der Waals surface area contributed by atoms with E-state index in [1.807, 2.05) is 6.07 Å². The Kier molecular flexibility index (Phi) is 3.17. The predicted molar refractivity (Wildman–Crippen MR) is 54.6 cm³/mol. The minimum Gasteiger partial charge on any atom is -0.311 e. The van der Waals surface area contributed by atoms with E-state index in [2.05, 4.69) is 6.07 Å². The van der Waals surface area contributed by atoms with Crippen LogP contribution in [-0.4, -0.2) is 6.61 Å². The standard InChI is InChI=1S/C10H10NO3P/c11-7-8-2-1-3-9(6-8)10-4-5-13-15(12)14-10/h1-3,6,10,15H,4-5H2/t10-/m0/s1. The van der Waals surface area contributed by atoms with Crippen LogP contribution in [0.5, 0.6) is 0 Å². The second kappa shape index (κ2) is 4.59. The number of nitriles is 1. The van der Waals surface area contributed by atoms with Gasteiger partial charge < -0.3 is 9.05 Å². The zero-order valence-corrected chi connectivity index (χ0v) is 8.97. The molecule has 1 saturated heterocycles. The molecule has 78 valence electrons. The summed E-state index contributed by atoms with van der Waals surface area (Å²) in [6.45, 7) is 0.444. The maximum absolute atomic E-state index is 11.1. The summed E-state index contributed by atoms with van der Waals surface area (Å²) in [5.74, 6) is 0. The first kappa shape index (κ1) is 10.4. The maximum atomic E-state index is 11.1. The van der Waals surface area contributed by atoms with Crippen LogP contribution in [-0.2, 0) is 13.6 Å². The average molecular weight is 223 g/mol. The van der Waals surface area contributed by atoms with Crippen molar-refractivity contribution >= 4 is 8.25 Å². The molecule has 1 aromatic carbocycles. The molecule has 1 heterocycles. The molecule has 2 rings (SSSR count). The molecule has 15 heavy (non-hydrogen) atoms. The van der Waals surface area contributed by atoms with Crippen molar-refractivity contribution in [2.45, 2.75) is 12.5 Å². The topological polar surface area (TPSA) is 59.3 Å². The van der Waals surface area contributed by atoms with Gasteiger partial charge in [0.1, 0.15) is 0 Å². The molecule has 1 aromatic rings. The van der Waals surface area contributed by atoms with Crippen LogP contribution in [0.3, 0.4) is 0 Å². The van der Waals surface area contributed by atoms with Gasteiger partial charge in [-0.3, -0.25) is 4.57 Å². The van der Waals surface area contributed by atoms with Crippen molar-refractivity contribution in [1.29, 1.82) is 5.26 Å². The van der Waals surface area contributed by atoms with Crippen molar-refractivity contribution in [1.82, 2.24) is 0 Å². The fourth-order valence-electron chi connectivity index (χ4n) is 1.50. The first-order chi connectivity index (χ1) is 7.29. The van der Waals surface area contributed by atoms with E-state index in [4.69, 9.17) is 14.3 Å². The van der Waals surface area contributed by atoms with E-state index in [0.717, 1.165) is 5.56 Å². The normalized spacial score (nSPS) is 25.8. The molecule has 0 radical (unpaired) electrons. The van der Waals surface area contributed by atoms with Crippen LogP contribution < -0.4 is 0 Å². The number of rotatable bonds is 1. The first-order valence-corrected chi connectivity index (χ1v) is 5.85. The predicted octanol–water partition coefficient (Wildman–Crippen LogP) is 2.43. The van der Waals surface area contributed by atoms with E-state index in [-0.39, 0.29) is 6.10 Å². The van der Waals surface area contributed by atoms with Crippen molar-refractivity contribution in [3.63, 3.8) is 0 Å². The first-order valence-electron chi connectivity index (χ1n) is 4.63. The number of benzene rings is 1. The van der Waals surface area contributed by atoms with Crippen molar-refractivity contribution < 1.29 is 13.6 Å². The monoisotopic (exact) mass is 223 g/mol. The molecule has 1 fully saturated rings. The third-order valence-electron chi connectivity index (χ3n) is 2.23. The van der Waals surface area contributed by atoms with Crippen molar-refractivity contribution in [2.24, 2.45) is 0 Å². The Hall–Kier alpha value is -1.14. The van der Waals surface area contributed by atoms with Crippen LogP contribution in [0.15, 0.2) is 24.3 Å². The highest BCUT2D eigenvalue weighted by Gasteiger charge is 2.20. The van der Waals surface area contributed by atoms with Gasteiger partial charge in [-0.25, -0.2) is 0 Å². The summed E-state index contributed by atoms with van der Waals surface area (Å²) >= 11 is 0. The Labute approximate surface area is 88.4 Å². The molecule has 0 bridgehead atoms. The third-order valence-corrected chi connectivity index (χ3v) is 3.14. The van der Waals surface area contributed by atoms with Crippen LogP contribution in [0.1, 0.15) is 23.7 Å². The summed E-state index contributed by atoms with van der Waals surface area (Å²) in [7, 11) is -2.34. The van der Waals surface area contributed by atoms with Gasteiger partial charge in [-0.2, -0.15) is 5.26 Å². The molecule has 0 N–H and O–H groups in total. The molecule has 1 unspecified atom stereocenters. The third kappa shape index (κ3) is 2.45. The zero-order chi connectivity index (χ0) is 10.7. The quantitative estimate of drug-likeness (QED) is 0.686. The van der Waals surface area contributed by atoms with Gasteiger partial charge in [0.15, 0.2) is 0 Å². The van der Waals surface area contributed by atoms with E-state index in [1.54, 1.807) is 18.2 Å². The second-order valence-electron chi connectivity index (χ2n) is 3.23. The van der Waals surface area contributed by atoms with Crippen LogP contribution in [0.25, 0.3) is 0 Å². The van der Waals surface area contributed by atoms with E-state index >= 15 is 0 Å². The Morgan fingerprint density at radius 3 is 3.13 bits per heavy atom. The second-order valence-corrected chi connectivity index (χ2v) is 4.26. The SMILES string of the molecule is N#Cc1cccc([C@@H]2CCO[PH](=O)O2)c1. The summed E-state index contributed by atoms with van der Waals surface area (Å²) in [4.78, 5) is 0. The lowest BCUT2D eigenvalue weighted by atomic mass is 10.0. The molecule has 1 aliphatic heterocycles. The fraction of sp³-hybridized carbons (Fsp3) is 0.300. The molecule has 4 nitrogen and oxygen atoms in total. The van der Waals surface area contributed by atoms with Gasteiger partial charge in [0.2, 0.25) is 0 Å². The molecular weight excluding hydrogens is 213 g/mol. The van der Waals surface area contributed by atoms with E-state index in [0.29, 0.717) is 18.6 Å². The summed E-state index contributed by atoms with van der Waals surface area (Å²) in [6.07, 6.45) is 0.462. The lowest BCUT2D eigenvalue weighted by Crippen LogP contribution is -2.09. The molecule has 2 atom stereocenters. The smallest absolute Gasteiger partial charge is 0.311 e.